The molecule has 0 N–H and O–H groups in total. The second kappa shape index (κ2) is 34.2. The predicted octanol–water partition coefficient (Wildman–Crippen LogP) is 16.6. The Balaban J connectivity index is 1.78. The van der Waals surface area contributed by atoms with Crippen LogP contribution in [0.4, 0.5) is 0 Å². The average molecular weight is 851 g/mol. The van der Waals surface area contributed by atoms with Crippen LogP contribution in [0.25, 0.3) is 24.3 Å². The van der Waals surface area contributed by atoms with E-state index >= 15 is 0 Å². The zero-order chi connectivity index (χ0) is 44.3. The van der Waals surface area contributed by atoms with Crippen molar-refractivity contribution in [1.29, 1.82) is 0 Å². The summed E-state index contributed by atoms with van der Waals surface area (Å²) in [6, 6.07) is 16.0. The summed E-state index contributed by atoms with van der Waals surface area (Å²) < 4.78 is 25.0. The summed E-state index contributed by atoms with van der Waals surface area (Å²) in [5, 5.41) is 0. The van der Waals surface area contributed by atoms with E-state index in [-0.39, 0.29) is 0 Å². The third-order valence-electron chi connectivity index (χ3n) is 11.4. The van der Waals surface area contributed by atoms with Gasteiger partial charge in [-0.1, -0.05) is 205 Å². The Morgan fingerprint density at radius 1 is 0.323 bits per heavy atom. The maximum atomic E-state index is 12.2. The molecule has 0 amide bonds. The number of unbranched alkanes of at least 4 members (excludes halogenated alkanes) is 20. The minimum Gasteiger partial charge on any atom is -0.493 e. The van der Waals surface area contributed by atoms with Crippen molar-refractivity contribution >= 4 is 36.9 Å². The fourth-order valence-corrected chi connectivity index (χ4v) is 7.48. The number of hydrogen-bond acceptors (Lipinski definition) is 6. The van der Waals surface area contributed by atoms with Crippen LogP contribution in [0.1, 0.15) is 225 Å². The summed E-state index contributed by atoms with van der Waals surface area (Å²) in [4.78, 5) is 24.4. The maximum Gasteiger partial charge on any atom is 0.153 e. The molecule has 3 aromatic rings. The summed E-state index contributed by atoms with van der Waals surface area (Å²) in [6.45, 7) is 11.3. The van der Waals surface area contributed by atoms with Crippen LogP contribution in [0.5, 0.6) is 23.0 Å². The first-order valence-electron chi connectivity index (χ1n) is 24.8. The Kier molecular flexibility index (Phi) is 28.7. The van der Waals surface area contributed by atoms with Gasteiger partial charge in [0, 0.05) is 11.1 Å². The second-order valence-electron chi connectivity index (χ2n) is 16.9. The third-order valence-corrected chi connectivity index (χ3v) is 11.4. The number of benzene rings is 3. The van der Waals surface area contributed by atoms with Gasteiger partial charge in [-0.3, -0.25) is 9.59 Å². The SMILES string of the molecule is CCCCCCCCOc1cc(/C=C/c2ccc(/C=C/c3cc(OCCCCCCCC)c(C=O)cc3OCCCCCCCC)cc2)c(OCCCCCCCC)cc1C=O. The molecule has 0 saturated heterocycles. The van der Waals surface area contributed by atoms with E-state index in [1.807, 2.05) is 24.3 Å². The van der Waals surface area contributed by atoms with Gasteiger partial charge in [-0.25, -0.2) is 0 Å². The van der Waals surface area contributed by atoms with Crippen LogP contribution < -0.4 is 18.9 Å². The number of ether oxygens (including phenoxy) is 4. The van der Waals surface area contributed by atoms with Gasteiger partial charge in [-0.15, -0.1) is 0 Å². The summed E-state index contributed by atoms with van der Waals surface area (Å²) in [7, 11) is 0. The molecule has 6 heteroatoms. The lowest BCUT2D eigenvalue weighted by Crippen LogP contribution is -2.04. The van der Waals surface area contributed by atoms with Crippen LogP contribution in [0.2, 0.25) is 0 Å². The highest BCUT2D eigenvalue weighted by Gasteiger charge is 2.13. The third kappa shape index (κ3) is 21.7. The van der Waals surface area contributed by atoms with Gasteiger partial charge in [0.25, 0.3) is 0 Å². The molecule has 0 unspecified atom stereocenters. The number of rotatable bonds is 38. The van der Waals surface area contributed by atoms with Gasteiger partial charge in [0.05, 0.1) is 37.6 Å². The molecule has 0 bridgehead atoms. The molecule has 0 aliphatic heterocycles. The van der Waals surface area contributed by atoms with Gasteiger partial charge in [-0.05, 0) is 61.1 Å². The van der Waals surface area contributed by atoms with E-state index in [0.717, 1.165) is 86.2 Å². The van der Waals surface area contributed by atoms with Crippen LogP contribution in [-0.4, -0.2) is 39.0 Å². The molecule has 0 aliphatic carbocycles. The molecule has 0 radical (unpaired) electrons. The first kappa shape index (κ1) is 52.0. The Hall–Kier alpha value is -4.32. The molecular weight excluding hydrogens is 769 g/mol. The van der Waals surface area contributed by atoms with Gasteiger partial charge in [-0.2, -0.15) is 0 Å². The second-order valence-corrected chi connectivity index (χ2v) is 16.9. The summed E-state index contributed by atoms with van der Waals surface area (Å²) in [6.07, 6.45) is 38.4. The first-order valence-corrected chi connectivity index (χ1v) is 24.8. The highest BCUT2D eigenvalue weighted by Crippen LogP contribution is 2.32. The van der Waals surface area contributed by atoms with Crippen molar-refractivity contribution in [3.8, 4) is 23.0 Å². The molecule has 0 fully saturated rings. The van der Waals surface area contributed by atoms with Crippen molar-refractivity contribution in [3.63, 3.8) is 0 Å². The number of carbonyl (C=O) groups is 2. The van der Waals surface area contributed by atoms with Crippen LogP contribution in [0.15, 0.2) is 48.5 Å². The van der Waals surface area contributed by atoms with E-state index in [1.54, 1.807) is 0 Å². The zero-order valence-corrected chi connectivity index (χ0v) is 39.3. The minimum absolute atomic E-state index is 0.524. The van der Waals surface area contributed by atoms with E-state index in [9.17, 15) is 9.59 Å². The molecule has 6 nitrogen and oxygen atoms in total. The number of hydrogen-bond donors (Lipinski definition) is 0. The quantitative estimate of drug-likeness (QED) is 0.0325. The zero-order valence-electron chi connectivity index (χ0n) is 39.3. The van der Waals surface area contributed by atoms with Crippen LogP contribution in [0, 0.1) is 0 Å². The standard InChI is InChI=1S/C56H82O6/c1-5-9-13-17-21-25-37-59-53-43-51(45-57)55(61-39-27-23-19-15-11-7-3)41-49(53)35-33-47-29-31-48(32-30-47)34-36-50-42-56(62-40-28-24-20-16-12-8-4)52(46-58)44-54(50)60-38-26-22-18-14-10-6-2/h29-36,41-46H,5-28,37-40H2,1-4H3/b35-33+,36-34+. The predicted molar refractivity (Wildman–Crippen MR) is 263 cm³/mol. The molecule has 3 aromatic carbocycles. The van der Waals surface area contributed by atoms with Crippen molar-refractivity contribution in [2.24, 2.45) is 0 Å². The van der Waals surface area contributed by atoms with Gasteiger partial charge < -0.3 is 18.9 Å². The van der Waals surface area contributed by atoms with E-state index in [4.69, 9.17) is 18.9 Å². The summed E-state index contributed by atoms with van der Waals surface area (Å²) in [5.41, 5.74) is 4.92. The number of carbonyl (C=O) groups excluding carboxylic acids is 2. The van der Waals surface area contributed by atoms with Crippen molar-refractivity contribution in [2.75, 3.05) is 26.4 Å². The van der Waals surface area contributed by atoms with Crippen molar-refractivity contribution < 1.29 is 28.5 Å². The van der Waals surface area contributed by atoms with Crippen molar-refractivity contribution in [1.82, 2.24) is 0 Å². The molecule has 342 valence electrons. The Bertz CT molecular complexity index is 1560. The minimum atomic E-state index is 0.524. The molecule has 62 heavy (non-hydrogen) atoms. The van der Waals surface area contributed by atoms with Crippen LogP contribution in [0.3, 0.4) is 0 Å². The highest BCUT2D eigenvalue weighted by atomic mass is 16.5. The van der Waals surface area contributed by atoms with E-state index in [2.05, 4.69) is 76.3 Å². The molecular formula is C56H82O6. The molecule has 0 aromatic heterocycles. The Morgan fingerprint density at radius 3 is 0.839 bits per heavy atom. The Morgan fingerprint density at radius 2 is 0.565 bits per heavy atom. The lowest BCUT2D eigenvalue weighted by molar-refractivity contribution is 0.111. The molecule has 0 spiro atoms. The van der Waals surface area contributed by atoms with Gasteiger partial charge >= 0.3 is 0 Å². The lowest BCUT2D eigenvalue weighted by atomic mass is 10.0. The lowest BCUT2D eigenvalue weighted by Gasteiger charge is -2.15. The molecule has 0 heterocycles. The maximum absolute atomic E-state index is 12.2. The van der Waals surface area contributed by atoms with E-state index < -0.39 is 0 Å². The van der Waals surface area contributed by atoms with Crippen LogP contribution >= 0.6 is 0 Å². The number of aldehydes is 2. The fraction of sp³-hybridized carbons (Fsp3) is 0.571. The van der Waals surface area contributed by atoms with Gasteiger partial charge in [0.1, 0.15) is 23.0 Å². The largest absolute Gasteiger partial charge is 0.493 e. The fourth-order valence-electron chi connectivity index (χ4n) is 7.48. The van der Waals surface area contributed by atoms with Crippen molar-refractivity contribution in [2.45, 2.75) is 182 Å². The smallest absolute Gasteiger partial charge is 0.153 e. The first-order chi connectivity index (χ1) is 30.6. The van der Waals surface area contributed by atoms with Gasteiger partial charge in [0.15, 0.2) is 12.6 Å². The van der Waals surface area contributed by atoms with Gasteiger partial charge in [0.2, 0.25) is 0 Å². The Labute approximate surface area is 377 Å². The monoisotopic (exact) mass is 851 g/mol. The van der Waals surface area contributed by atoms with E-state index in [1.165, 1.54) is 103 Å². The van der Waals surface area contributed by atoms with E-state index in [0.29, 0.717) is 60.6 Å². The molecule has 0 saturated carbocycles. The average Bonchev–Trinajstić information content (AvgIpc) is 3.29. The molecule has 3 rings (SSSR count). The topological polar surface area (TPSA) is 71.1 Å². The normalized spacial score (nSPS) is 11.4. The summed E-state index contributed by atoms with van der Waals surface area (Å²) >= 11 is 0. The van der Waals surface area contributed by atoms with Crippen LogP contribution in [-0.2, 0) is 0 Å². The highest BCUT2D eigenvalue weighted by molar-refractivity contribution is 5.85. The molecule has 0 atom stereocenters. The summed E-state index contributed by atoms with van der Waals surface area (Å²) in [5.74, 6) is 2.61. The molecule has 0 aliphatic rings. The van der Waals surface area contributed by atoms with Crippen molar-refractivity contribution in [3.05, 3.63) is 81.9 Å².